The molecule has 0 atom stereocenters. The highest BCUT2D eigenvalue weighted by atomic mass is 16.5. The van der Waals surface area contributed by atoms with Crippen molar-refractivity contribution in [2.75, 3.05) is 32.8 Å². The third-order valence-corrected chi connectivity index (χ3v) is 1.72. The zero-order chi connectivity index (χ0) is 10.1. The number of likely N-dealkylation sites (N-methyl/N-ethyl adjacent to an activating group) is 1. The van der Waals surface area contributed by atoms with Crippen molar-refractivity contribution >= 4 is 5.91 Å². The summed E-state index contributed by atoms with van der Waals surface area (Å²) in [5, 5.41) is 0. The third kappa shape index (κ3) is 5.60. The van der Waals surface area contributed by atoms with Crippen molar-refractivity contribution in [2.45, 2.75) is 20.3 Å². The molecule has 78 valence electrons. The zero-order valence-electron chi connectivity index (χ0n) is 8.58. The molecule has 0 fully saturated rings. The van der Waals surface area contributed by atoms with Gasteiger partial charge in [0.1, 0.15) is 6.61 Å². The molecule has 0 aromatic rings. The molecule has 0 aliphatic rings. The summed E-state index contributed by atoms with van der Waals surface area (Å²) in [5.41, 5.74) is 5.23. The van der Waals surface area contributed by atoms with Gasteiger partial charge >= 0.3 is 0 Å². The molecule has 4 heteroatoms. The first-order valence-corrected chi connectivity index (χ1v) is 4.81. The number of carbonyl (C=O) groups excluding carboxylic acids is 1. The molecule has 0 rings (SSSR count). The second-order valence-electron chi connectivity index (χ2n) is 2.81. The van der Waals surface area contributed by atoms with Crippen LogP contribution in [0.1, 0.15) is 20.3 Å². The molecular weight excluding hydrogens is 168 g/mol. The van der Waals surface area contributed by atoms with Gasteiger partial charge in [-0.25, -0.2) is 0 Å². The minimum absolute atomic E-state index is 0.0535. The van der Waals surface area contributed by atoms with Crippen molar-refractivity contribution in [3.05, 3.63) is 0 Å². The number of carbonyl (C=O) groups is 1. The Labute approximate surface area is 80.0 Å². The van der Waals surface area contributed by atoms with E-state index in [1.807, 2.05) is 6.92 Å². The number of nitrogens with zero attached hydrogens (tertiary/aromatic N) is 1. The minimum atomic E-state index is 0.0535. The zero-order valence-corrected chi connectivity index (χ0v) is 8.58. The lowest BCUT2D eigenvalue weighted by molar-refractivity contribution is -0.135. The molecule has 0 aromatic carbocycles. The summed E-state index contributed by atoms with van der Waals surface area (Å²) in [5.74, 6) is 0.0535. The Hall–Kier alpha value is -0.610. The van der Waals surface area contributed by atoms with Gasteiger partial charge in [0.25, 0.3) is 0 Å². The normalized spacial score (nSPS) is 10.1. The molecule has 0 bridgehead atoms. The van der Waals surface area contributed by atoms with Gasteiger partial charge in [-0.1, -0.05) is 6.92 Å². The molecule has 0 aromatic heterocycles. The largest absolute Gasteiger partial charge is 0.370 e. The maximum absolute atomic E-state index is 11.4. The molecule has 0 unspecified atom stereocenters. The lowest BCUT2D eigenvalue weighted by Gasteiger charge is -2.19. The number of amides is 1. The van der Waals surface area contributed by atoms with Gasteiger partial charge in [-0.15, -0.1) is 0 Å². The van der Waals surface area contributed by atoms with Gasteiger partial charge in [0, 0.05) is 19.6 Å². The van der Waals surface area contributed by atoms with Crippen LogP contribution in [0.5, 0.6) is 0 Å². The standard InChI is InChI=1S/C9H20N2O2/c1-3-6-11(4-2)9(12)8-13-7-5-10/h3-8,10H2,1-2H3. The van der Waals surface area contributed by atoms with Gasteiger partial charge in [0.05, 0.1) is 6.61 Å². The molecule has 0 radical (unpaired) electrons. The van der Waals surface area contributed by atoms with Gasteiger partial charge in [0.15, 0.2) is 0 Å². The summed E-state index contributed by atoms with van der Waals surface area (Å²) in [6, 6.07) is 0. The Morgan fingerprint density at radius 2 is 2.15 bits per heavy atom. The van der Waals surface area contributed by atoms with Crippen LogP contribution in [0, 0.1) is 0 Å². The molecular formula is C9H20N2O2. The fourth-order valence-corrected chi connectivity index (χ4v) is 1.06. The molecule has 0 saturated carbocycles. The van der Waals surface area contributed by atoms with E-state index in [9.17, 15) is 4.79 Å². The molecule has 0 aliphatic heterocycles. The average Bonchev–Trinajstić information content (AvgIpc) is 2.14. The molecule has 1 amide bonds. The fraction of sp³-hybridized carbons (Fsp3) is 0.889. The van der Waals surface area contributed by atoms with Gasteiger partial charge in [-0.05, 0) is 13.3 Å². The number of nitrogens with two attached hydrogens (primary N) is 1. The Bertz CT molecular complexity index is 140. The number of hydrogen-bond acceptors (Lipinski definition) is 3. The Morgan fingerprint density at radius 3 is 2.62 bits per heavy atom. The van der Waals surface area contributed by atoms with E-state index < -0.39 is 0 Å². The molecule has 0 heterocycles. The van der Waals surface area contributed by atoms with E-state index in [2.05, 4.69) is 6.92 Å². The highest BCUT2D eigenvalue weighted by molar-refractivity contribution is 5.77. The summed E-state index contributed by atoms with van der Waals surface area (Å²) in [6.07, 6.45) is 0.983. The van der Waals surface area contributed by atoms with Crippen molar-refractivity contribution in [3.63, 3.8) is 0 Å². The van der Waals surface area contributed by atoms with Crippen LogP contribution < -0.4 is 5.73 Å². The summed E-state index contributed by atoms with van der Waals surface area (Å²) in [7, 11) is 0. The smallest absolute Gasteiger partial charge is 0.248 e. The first kappa shape index (κ1) is 12.4. The topological polar surface area (TPSA) is 55.6 Å². The van der Waals surface area contributed by atoms with Gasteiger partial charge in [-0.2, -0.15) is 0 Å². The van der Waals surface area contributed by atoms with Crippen LogP contribution in [0.4, 0.5) is 0 Å². The quantitative estimate of drug-likeness (QED) is 0.581. The molecule has 2 N–H and O–H groups in total. The van der Waals surface area contributed by atoms with Gasteiger partial charge < -0.3 is 15.4 Å². The predicted molar refractivity (Wildman–Crippen MR) is 52.4 cm³/mol. The van der Waals surface area contributed by atoms with E-state index >= 15 is 0 Å². The Balaban J connectivity index is 3.64. The maximum atomic E-state index is 11.4. The second-order valence-corrected chi connectivity index (χ2v) is 2.81. The number of hydrogen-bond donors (Lipinski definition) is 1. The van der Waals surface area contributed by atoms with Crippen molar-refractivity contribution in [3.8, 4) is 0 Å². The summed E-state index contributed by atoms with van der Waals surface area (Å²) >= 11 is 0. The van der Waals surface area contributed by atoms with E-state index in [4.69, 9.17) is 10.5 Å². The molecule has 0 spiro atoms. The Morgan fingerprint density at radius 1 is 1.46 bits per heavy atom. The molecule has 0 saturated heterocycles. The lowest BCUT2D eigenvalue weighted by atomic mass is 10.4. The van der Waals surface area contributed by atoms with Crippen LogP contribution in [-0.4, -0.2) is 43.7 Å². The van der Waals surface area contributed by atoms with E-state index in [0.717, 1.165) is 19.5 Å². The van der Waals surface area contributed by atoms with Gasteiger partial charge in [0.2, 0.25) is 5.91 Å². The van der Waals surface area contributed by atoms with Crippen LogP contribution >= 0.6 is 0 Å². The minimum Gasteiger partial charge on any atom is -0.370 e. The van der Waals surface area contributed by atoms with E-state index in [0.29, 0.717) is 13.2 Å². The first-order valence-electron chi connectivity index (χ1n) is 4.81. The molecule has 13 heavy (non-hydrogen) atoms. The number of ether oxygens (including phenoxy) is 1. The van der Waals surface area contributed by atoms with Crippen molar-refractivity contribution in [2.24, 2.45) is 5.73 Å². The highest BCUT2D eigenvalue weighted by Gasteiger charge is 2.09. The van der Waals surface area contributed by atoms with E-state index in [1.54, 1.807) is 4.90 Å². The fourth-order valence-electron chi connectivity index (χ4n) is 1.06. The van der Waals surface area contributed by atoms with Crippen LogP contribution in [0.2, 0.25) is 0 Å². The summed E-state index contributed by atoms with van der Waals surface area (Å²) < 4.78 is 5.06. The summed E-state index contributed by atoms with van der Waals surface area (Å²) in [6.45, 7) is 6.65. The van der Waals surface area contributed by atoms with Gasteiger partial charge in [-0.3, -0.25) is 4.79 Å². The van der Waals surface area contributed by atoms with E-state index in [1.165, 1.54) is 0 Å². The van der Waals surface area contributed by atoms with Crippen molar-refractivity contribution in [1.29, 1.82) is 0 Å². The SMILES string of the molecule is CCCN(CC)C(=O)COCCN. The lowest BCUT2D eigenvalue weighted by Crippen LogP contribution is -2.34. The summed E-state index contributed by atoms with van der Waals surface area (Å²) in [4.78, 5) is 13.2. The van der Waals surface area contributed by atoms with Crippen molar-refractivity contribution < 1.29 is 9.53 Å². The van der Waals surface area contributed by atoms with Crippen LogP contribution in [0.15, 0.2) is 0 Å². The average molecular weight is 188 g/mol. The Kier molecular flexibility index (Phi) is 7.63. The van der Waals surface area contributed by atoms with Crippen molar-refractivity contribution in [1.82, 2.24) is 4.90 Å². The second kappa shape index (κ2) is 8.01. The number of rotatable bonds is 7. The highest BCUT2D eigenvalue weighted by Crippen LogP contribution is 1.92. The first-order chi connectivity index (χ1) is 6.26. The van der Waals surface area contributed by atoms with E-state index in [-0.39, 0.29) is 12.5 Å². The predicted octanol–water partition coefficient (Wildman–Crippen LogP) is 0.220. The molecule has 0 aliphatic carbocycles. The molecule has 4 nitrogen and oxygen atoms in total. The third-order valence-electron chi connectivity index (χ3n) is 1.72. The van der Waals surface area contributed by atoms with Crippen LogP contribution in [-0.2, 0) is 9.53 Å². The van der Waals surface area contributed by atoms with Crippen LogP contribution in [0.3, 0.4) is 0 Å². The van der Waals surface area contributed by atoms with Crippen LogP contribution in [0.25, 0.3) is 0 Å². The monoisotopic (exact) mass is 188 g/mol. The maximum Gasteiger partial charge on any atom is 0.248 e.